The molecule has 0 aromatic carbocycles. The van der Waals surface area contributed by atoms with Crippen molar-refractivity contribution < 1.29 is 9.59 Å². The second-order valence-electron chi connectivity index (χ2n) is 1.45. The maximum atomic E-state index is 10.1. The van der Waals surface area contributed by atoms with E-state index in [-0.39, 0.29) is 12.5 Å². The summed E-state index contributed by atoms with van der Waals surface area (Å²) >= 11 is 0. The number of rotatable bonds is 0. The van der Waals surface area contributed by atoms with Gasteiger partial charge in [-0.25, -0.2) is 4.79 Å². The summed E-state index contributed by atoms with van der Waals surface area (Å²) in [4.78, 5) is 20.1. The zero-order chi connectivity index (χ0) is 7.98. The van der Waals surface area contributed by atoms with Crippen LogP contribution in [-0.2, 0) is 4.79 Å². The van der Waals surface area contributed by atoms with Gasteiger partial charge in [0.25, 0.3) is 0 Å². The van der Waals surface area contributed by atoms with Crippen LogP contribution in [0.4, 0.5) is 4.79 Å². The number of urea groups is 1. The highest BCUT2D eigenvalue weighted by Gasteiger charge is 2.14. The van der Waals surface area contributed by atoms with E-state index in [2.05, 4.69) is 5.32 Å². The predicted molar refractivity (Wildman–Crippen MR) is 32.8 cm³/mol. The third kappa shape index (κ3) is 3.43. The van der Waals surface area contributed by atoms with Gasteiger partial charge in [0.1, 0.15) is 0 Å². The summed E-state index contributed by atoms with van der Waals surface area (Å²) in [6.07, 6.45) is 0. The van der Waals surface area contributed by atoms with Crippen LogP contribution < -0.4 is 10.6 Å². The van der Waals surface area contributed by atoms with Gasteiger partial charge in [-0.15, -0.1) is 0 Å². The number of carbonyl (C=O) groups is 2. The first kappa shape index (κ1) is 8.43. The summed E-state index contributed by atoms with van der Waals surface area (Å²) in [7, 11) is 0. The Morgan fingerprint density at radius 2 is 2.10 bits per heavy atom. The number of hydrogen-bond donors (Lipinski definition) is 2. The fourth-order valence-corrected chi connectivity index (χ4v) is 0.376. The summed E-state index contributed by atoms with van der Waals surface area (Å²) in [6.45, 7) is 1.55. The molecule has 3 amide bonds. The maximum Gasteiger partial charge on any atom is 0.321 e. The molecule has 0 aromatic rings. The number of carbonyl (C=O) groups excluding carboxylic acids is 2. The van der Waals surface area contributed by atoms with Gasteiger partial charge in [0.2, 0.25) is 5.91 Å². The van der Waals surface area contributed by atoms with Gasteiger partial charge < -0.3 is 5.32 Å². The Morgan fingerprint density at radius 3 is 2.20 bits per heavy atom. The van der Waals surface area contributed by atoms with E-state index in [1.807, 2.05) is 5.32 Å². The molecule has 1 heterocycles. The van der Waals surface area contributed by atoms with E-state index in [1.54, 1.807) is 6.07 Å². The molecule has 1 aliphatic heterocycles. The number of hydrogen-bond acceptors (Lipinski definition) is 3. The number of nitrogens with zero attached hydrogens (tertiary/aromatic N) is 1. The van der Waals surface area contributed by atoms with Crippen LogP contribution in [0.2, 0.25) is 0 Å². The molecule has 0 saturated carbocycles. The fourth-order valence-electron chi connectivity index (χ4n) is 0.376. The number of nitriles is 1. The highest BCUT2D eigenvalue weighted by molar-refractivity contribution is 6.01. The Bertz CT molecular complexity index is 168. The lowest BCUT2D eigenvalue weighted by Gasteiger charge is -1.78. The van der Waals surface area contributed by atoms with Crippen LogP contribution in [0.3, 0.4) is 0 Å². The van der Waals surface area contributed by atoms with Crippen LogP contribution in [0.5, 0.6) is 0 Å². The molecule has 1 rings (SSSR count). The van der Waals surface area contributed by atoms with Crippen LogP contribution in [-0.4, -0.2) is 18.5 Å². The second kappa shape index (κ2) is 4.32. The molecule has 5 heteroatoms. The van der Waals surface area contributed by atoms with Crippen LogP contribution in [0.15, 0.2) is 0 Å². The molecular formula is C5H7N3O2. The lowest BCUT2D eigenvalue weighted by atomic mass is 10.7. The molecule has 0 unspecified atom stereocenters. The van der Waals surface area contributed by atoms with Gasteiger partial charge in [-0.1, -0.05) is 0 Å². The van der Waals surface area contributed by atoms with Crippen LogP contribution in [0.25, 0.3) is 0 Å². The molecule has 0 bridgehead atoms. The fraction of sp³-hybridized carbons (Fsp3) is 0.400. The van der Waals surface area contributed by atoms with Gasteiger partial charge in [-0.3, -0.25) is 10.1 Å². The molecule has 0 aliphatic carbocycles. The smallest absolute Gasteiger partial charge is 0.321 e. The van der Waals surface area contributed by atoms with Crippen molar-refractivity contribution in [1.82, 2.24) is 10.6 Å². The molecule has 0 atom stereocenters. The maximum absolute atomic E-state index is 10.1. The monoisotopic (exact) mass is 141 g/mol. The Kier molecular flexibility index (Phi) is 3.64. The van der Waals surface area contributed by atoms with E-state index in [1.165, 1.54) is 6.92 Å². The molecule has 54 valence electrons. The minimum Gasteiger partial charge on any atom is -0.329 e. The molecule has 1 aliphatic rings. The normalized spacial score (nSPS) is 14.0. The van der Waals surface area contributed by atoms with Crippen molar-refractivity contribution in [3.63, 3.8) is 0 Å². The Hall–Kier alpha value is -1.57. The molecule has 2 N–H and O–H groups in total. The zero-order valence-corrected chi connectivity index (χ0v) is 5.47. The van der Waals surface area contributed by atoms with Crippen molar-refractivity contribution >= 4 is 11.9 Å². The van der Waals surface area contributed by atoms with E-state index in [0.717, 1.165) is 0 Å². The lowest BCUT2D eigenvalue weighted by molar-refractivity contribution is -0.117. The highest BCUT2D eigenvalue weighted by atomic mass is 16.2. The van der Waals surface area contributed by atoms with Crippen LogP contribution in [0.1, 0.15) is 6.92 Å². The van der Waals surface area contributed by atoms with Gasteiger partial charge in [-0.05, 0) is 0 Å². The molecule has 10 heavy (non-hydrogen) atoms. The highest BCUT2D eigenvalue weighted by Crippen LogP contribution is 1.73. The molecular weight excluding hydrogens is 134 g/mol. The molecule has 0 spiro atoms. The topological polar surface area (TPSA) is 82.0 Å². The molecule has 5 nitrogen and oxygen atoms in total. The number of nitrogens with one attached hydrogen (secondary N) is 2. The minimum absolute atomic E-state index is 0.124. The van der Waals surface area contributed by atoms with Crippen molar-refractivity contribution in [2.24, 2.45) is 0 Å². The van der Waals surface area contributed by atoms with Gasteiger partial charge in [0.15, 0.2) is 0 Å². The summed E-state index contributed by atoms with van der Waals surface area (Å²) in [6, 6.07) is 1.35. The van der Waals surface area contributed by atoms with Gasteiger partial charge in [0.05, 0.1) is 12.6 Å². The quantitative estimate of drug-likeness (QED) is 0.440. The number of imide groups is 1. The standard InChI is InChI=1S/C3H4N2O2.C2H3N/c6-2-1-4-3(7)5-2;1-2-3/h1H2,(H2,4,5,6,7);1H3. The summed E-state index contributed by atoms with van der Waals surface area (Å²) < 4.78 is 0. The molecule has 0 radical (unpaired) electrons. The summed E-state index contributed by atoms with van der Waals surface area (Å²) in [5.41, 5.74) is 0. The average molecular weight is 141 g/mol. The summed E-state index contributed by atoms with van der Waals surface area (Å²) in [5, 5.41) is 11.6. The average Bonchev–Trinajstić information content (AvgIpc) is 2.17. The van der Waals surface area contributed by atoms with Gasteiger partial charge >= 0.3 is 6.03 Å². The first-order valence-electron chi connectivity index (χ1n) is 2.59. The van der Waals surface area contributed by atoms with Gasteiger partial charge in [0, 0.05) is 6.92 Å². The third-order valence-corrected chi connectivity index (χ3v) is 0.662. The van der Waals surface area contributed by atoms with E-state index in [4.69, 9.17) is 5.26 Å². The Morgan fingerprint density at radius 1 is 1.60 bits per heavy atom. The SMILES string of the molecule is CC#N.O=C1CNC(=O)N1. The van der Waals surface area contributed by atoms with Crippen molar-refractivity contribution in [3.05, 3.63) is 0 Å². The zero-order valence-electron chi connectivity index (χ0n) is 5.47. The van der Waals surface area contributed by atoms with Crippen molar-refractivity contribution in [2.45, 2.75) is 6.92 Å². The van der Waals surface area contributed by atoms with Crippen molar-refractivity contribution in [1.29, 1.82) is 5.26 Å². The molecule has 1 fully saturated rings. The van der Waals surface area contributed by atoms with Crippen molar-refractivity contribution in [3.8, 4) is 6.07 Å². The Labute approximate surface area is 58.0 Å². The predicted octanol–water partition coefficient (Wildman–Crippen LogP) is -0.644. The first-order valence-corrected chi connectivity index (χ1v) is 2.59. The number of amides is 3. The first-order chi connectivity index (χ1) is 4.70. The molecule has 1 saturated heterocycles. The summed E-state index contributed by atoms with van der Waals surface area (Å²) in [5.74, 6) is -0.259. The Balaban J connectivity index is 0.000000236. The molecule has 0 aromatic heterocycles. The third-order valence-electron chi connectivity index (χ3n) is 0.662. The minimum atomic E-state index is -0.398. The largest absolute Gasteiger partial charge is 0.329 e. The van der Waals surface area contributed by atoms with E-state index in [0.29, 0.717) is 0 Å². The van der Waals surface area contributed by atoms with Crippen molar-refractivity contribution in [2.75, 3.05) is 6.54 Å². The van der Waals surface area contributed by atoms with E-state index in [9.17, 15) is 9.59 Å². The second-order valence-corrected chi connectivity index (χ2v) is 1.45. The van der Waals surface area contributed by atoms with E-state index >= 15 is 0 Å². The van der Waals surface area contributed by atoms with Gasteiger partial charge in [-0.2, -0.15) is 5.26 Å². The van der Waals surface area contributed by atoms with Crippen LogP contribution in [0, 0.1) is 11.3 Å². The van der Waals surface area contributed by atoms with Crippen LogP contribution >= 0.6 is 0 Å². The lowest BCUT2D eigenvalue weighted by Crippen LogP contribution is -2.22. The van der Waals surface area contributed by atoms with E-state index < -0.39 is 6.03 Å².